The van der Waals surface area contributed by atoms with E-state index in [9.17, 15) is 8.42 Å². The molecule has 3 N–H and O–H groups in total. The molecule has 2 rings (SSSR count). The van der Waals surface area contributed by atoms with Gasteiger partial charge in [-0.3, -0.25) is 4.72 Å². The van der Waals surface area contributed by atoms with Gasteiger partial charge in [-0.2, -0.15) is 0 Å². The maximum Gasteiger partial charge on any atom is 0.266 e. The minimum Gasteiger partial charge on any atom is -0.452 e. The summed E-state index contributed by atoms with van der Waals surface area (Å²) >= 11 is 6.42. The van der Waals surface area contributed by atoms with Crippen LogP contribution in [0.1, 0.15) is 11.3 Å². The van der Waals surface area contributed by atoms with E-state index >= 15 is 0 Å². The number of furan rings is 1. The van der Waals surface area contributed by atoms with Crippen LogP contribution >= 0.6 is 31.9 Å². The summed E-state index contributed by atoms with van der Waals surface area (Å²) < 4.78 is 33.4. The molecule has 2 aromatic rings. The number of sulfonamides is 1. The lowest BCUT2D eigenvalue weighted by molar-refractivity contribution is 0.484. The van der Waals surface area contributed by atoms with Crippen molar-refractivity contribution in [2.24, 2.45) is 5.73 Å². The zero-order valence-corrected chi connectivity index (χ0v) is 14.5. The second-order valence-electron chi connectivity index (χ2n) is 4.12. The molecule has 0 radical (unpaired) electrons. The fourth-order valence-corrected chi connectivity index (χ4v) is 4.23. The van der Waals surface area contributed by atoms with Crippen molar-refractivity contribution < 1.29 is 12.8 Å². The Balaban J connectivity index is 2.38. The molecule has 0 bridgehead atoms. The van der Waals surface area contributed by atoms with Crippen molar-refractivity contribution in [1.29, 1.82) is 0 Å². The number of anilines is 1. The largest absolute Gasteiger partial charge is 0.452 e. The van der Waals surface area contributed by atoms with Gasteiger partial charge < -0.3 is 10.2 Å². The molecule has 0 fully saturated rings. The molecule has 1 aromatic heterocycles. The van der Waals surface area contributed by atoms with Crippen molar-refractivity contribution >= 4 is 47.6 Å². The molecule has 0 amide bonds. The maximum atomic E-state index is 12.3. The Hall–Kier alpha value is -0.830. The molecule has 108 valence electrons. The van der Waals surface area contributed by atoms with E-state index in [1.807, 2.05) is 13.0 Å². The second-order valence-corrected chi connectivity index (χ2v) is 7.41. The van der Waals surface area contributed by atoms with Crippen molar-refractivity contribution in [3.05, 3.63) is 44.7 Å². The average Bonchev–Trinajstić information content (AvgIpc) is 2.75. The van der Waals surface area contributed by atoms with E-state index in [1.165, 1.54) is 6.07 Å². The van der Waals surface area contributed by atoms with Crippen LogP contribution in [0.4, 0.5) is 5.69 Å². The predicted molar refractivity (Wildman–Crippen MR) is 84.0 cm³/mol. The van der Waals surface area contributed by atoms with E-state index in [2.05, 4.69) is 36.6 Å². The first-order valence-electron chi connectivity index (χ1n) is 5.60. The van der Waals surface area contributed by atoms with Crippen LogP contribution in [-0.4, -0.2) is 8.42 Å². The van der Waals surface area contributed by atoms with Gasteiger partial charge in [0, 0.05) is 10.5 Å². The van der Waals surface area contributed by atoms with Gasteiger partial charge in [0.25, 0.3) is 10.0 Å². The van der Waals surface area contributed by atoms with Gasteiger partial charge in [0.05, 0.1) is 12.2 Å². The molecule has 0 aliphatic carbocycles. The molecule has 0 saturated carbocycles. The van der Waals surface area contributed by atoms with E-state index in [0.29, 0.717) is 11.4 Å². The van der Waals surface area contributed by atoms with Crippen LogP contribution < -0.4 is 10.5 Å². The Morgan fingerprint density at radius 3 is 2.55 bits per heavy atom. The Morgan fingerprint density at radius 2 is 2.00 bits per heavy atom. The number of nitrogens with one attached hydrogen (secondary N) is 1. The van der Waals surface area contributed by atoms with Gasteiger partial charge in [-0.05, 0) is 46.6 Å². The first-order chi connectivity index (χ1) is 9.33. The lowest BCUT2D eigenvalue weighted by atomic mass is 10.2. The zero-order valence-electron chi connectivity index (χ0n) is 10.5. The summed E-state index contributed by atoms with van der Waals surface area (Å²) in [5.74, 6) is 0.393. The SMILES string of the molecule is Cc1cc(Br)ccc1NS(=O)(=O)c1cc(CN)oc1Br. The van der Waals surface area contributed by atoms with E-state index in [1.54, 1.807) is 12.1 Å². The Bertz CT molecular complexity index is 741. The molecule has 0 aliphatic heterocycles. The predicted octanol–water partition coefficient (Wildman–Crippen LogP) is 3.37. The van der Waals surface area contributed by atoms with Crippen LogP contribution in [-0.2, 0) is 16.6 Å². The molecule has 0 spiro atoms. The summed E-state index contributed by atoms with van der Waals surface area (Å²) in [6.45, 7) is 1.95. The molecule has 0 atom stereocenters. The van der Waals surface area contributed by atoms with Crippen LogP contribution in [0, 0.1) is 6.92 Å². The van der Waals surface area contributed by atoms with E-state index in [4.69, 9.17) is 10.2 Å². The first kappa shape index (κ1) is 15.6. The maximum absolute atomic E-state index is 12.3. The molecule has 1 aromatic carbocycles. The number of halogens is 2. The van der Waals surface area contributed by atoms with Crippen molar-refractivity contribution in [1.82, 2.24) is 0 Å². The summed E-state index contributed by atoms with van der Waals surface area (Å²) in [5.41, 5.74) is 6.75. The first-order valence-corrected chi connectivity index (χ1v) is 8.67. The number of nitrogens with two attached hydrogens (primary N) is 1. The zero-order chi connectivity index (χ0) is 14.9. The topological polar surface area (TPSA) is 85.3 Å². The smallest absolute Gasteiger partial charge is 0.266 e. The van der Waals surface area contributed by atoms with Crippen LogP contribution in [0.15, 0.2) is 42.7 Å². The van der Waals surface area contributed by atoms with E-state index in [0.717, 1.165) is 10.0 Å². The van der Waals surface area contributed by atoms with Gasteiger partial charge in [0.2, 0.25) is 0 Å². The molecule has 0 saturated heterocycles. The third kappa shape index (κ3) is 3.25. The van der Waals surface area contributed by atoms with Gasteiger partial charge in [-0.15, -0.1) is 0 Å². The summed E-state index contributed by atoms with van der Waals surface area (Å²) in [6.07, 6.45) is 0. The highest BCUT2D eigenvalue weighted by atomic mass is 79.9. The summed E-state index contributed by atoms with van der Waals surface area (Å²) in [7, 11) is -3.73. The highest BCUT2D eigenvalue weighted by Crippen LogP contribution is 2.29. The van der Waals surface area contributed by atoms with Gasteiger partial charge in [-0.1, -0.05) is 15.9 Å². The average molecular weight is 424 g/mol. The van der Waals surface area contributed by atoms with Gasteiger partial charge in [0.15, 0.2) is 4.67 Å². The Kier molecular flexibility index (Phi) is 4.58. The quantitative estimate of drug-likeness (QED) is 0.789. The van der Waals surface area contributed by atoms with Crippen LogP contribution in [0.5, 0.6) is 0 Å². The molecule has 5 nitrogen and oxygen atoms in total. The molecule has 8 heteroatoms. The van der Waals surface area contributed by atoms with Crippen molar-refractivity contribution in [2.75, 3.05) is 4.72 Å². The Morgan fingerprint density at radius 1 is 1.30 bits per heavy atom. The van der Waals surface area contributed by atoms with E-state index in [-0.39, 0.29) is 16.1 Å². The number of hydrogen-bond donors (Lipinski definition) is 2. The number of benzene rings is 1. The normalized spacial score (nSPS) is 11.6. The molecule has 0 unspecified atom stereocenters. The number of hydrogen-bond acceptors (Lipinski definition) is 4. The summed E-state index contributed by atoms with van der Waals surface area (Å²) in [4.78, 5) is 0.0280. The third-order valence-electron chi connectivity index (χ3n) is 2.63. The summed E-state index contributed by atoms with van der Waals surface area (Å²) in [5, 5.41) is 0. The fraction of sp³-hybridized carbons (Fsp3) is 0.167. The fourth-order valence-electron chi connectivity index (χ4n) is 1.62. The molecule has 20 heavy (non-hydrogen) atoms. The highest BCUT2D eigenvalue weighted by Gasteiger charge is 2.22. The molecular formula is C12H12Br2N2O3S. The van der Waals surface area contributed by atoms with Gasteiger partial charge >= 0.3 is 0 Å². The third-order valence-corrected chi connectivity index (χ3v) is 5.35. The van der Waals surface area contributed by atoms with Crippen LogP contribution in [0.3, 0.4) is 0 Å². The van der Waals surface area contributed by atoms with Gasteiger partial charge in [-0.25, -0.2) is 8.42 Å². The second kappa shape index (κ2) is 5.88. The van der Waals surface area contributed by atoms with Crippen molar-refractivity contribution in [3.8, 4) is 0 Å². The number of aryl methyl sites for hydroxylation is 1. The summed E-state index contributed by atoms with van der Waals surface area (Å²) in [6, 6.07) is 6.68. The molecular weight excluding hydrogens is 412 g/mol. The monoisotopic (exact) mass is 422 g/mol. The van der Waals surface area contributed by atoms with Crippen molar-refractivity contribution in [2.45, 2.75) is 18.4 Å². The van der Waals surface area contributed by atoms with Crippen LogP contribution in [0.25, 0.3) is 0 Å². The standard InChI is InChI=1S/C12H12Br2N2O3S/c1-7-4-8(13)2-3-10(7)16-20(17,18)11-5-9(6-15)19-12(11)14/h2-5,16H,6,15H2,1H3. The van der Waals surface area contributed by atoms with Crippen LogP contribution in [0.2, 0.25) is 0 Å². The number of rotatable bonds is 4. The van der Waals surface area contributed by atoms with Gasteiger partial charge in [0.1, 0.15) is 10.7 Å². The lowest BCUT2D eigenvalue weighted by Crippen LogP contribution is -2.13. The minimum atomic E-state index is -3.73. The lowest BCUT2D eigenvalue weighted by Gasteiger charge is -2.09. The minimum absolute atomic E-state index is 0.0280. The molecule has 0 aliphatic rings. The highest BCUT2D eigenvalue weighted by molar-refractivity contribution is 9.10. The van der Waals surface area contributed by atoms with Crippen molar-refractivity contribution in [3.63, 3.8) is 0 Å². The Labute approximate surface area is 133 Å². The van der Waals surface area contributed by atoms with E-state index < -0.39 is 10.0 Å². The molecule has 1 heterocycles.